The molecule has 1 aliphatic heterocycles. The molecule has 0 saturated heterocycles. The van der Waals surface area contributed by atoms with Crippen molar-refractivity contribution in [1.29, 1.82) is 0 Å². The molecule has 1 aliphatic rings. The van der Waals surface area contributed by atoms with Crippen LogP contribution in [0.3, 0.4) is 0 Å². The Morgan fingerprint density at radius 1 is 0.500 bits per heavy atom. The molecule has 0 fully saturated rings. The normalized spacial score (nSPS) is 13.4. The summed E-state index contributed by atoms with van der Waals surface area (Å²) in [6.45, 7) is 2.37. The van der Waals surface area contributed by atoms with E-state index in [1.54, 1.807) is 0 Å². The Morgan fingerprint density at radius 3 is 1.47 bits per heavy atom. The molecule has 8 bridgehead atoms. The van der Waals surface area contributed by atoms with Gasteiger partial charge in [0.25, 0.3) is 0 Å². The highest BCUT2D eigenvalue weighted by Gasteiger charge is 2.22. The first-order valence-electron chi connectivity index (χ1n) is 11.4. The average Bonchev–Trinajstić information content (AvgIpc) is 3.37. The van der Waals surface area contributed by atoms with Crippen LogP contribution in [0.15, 0.2) is 84.9 Å². The number of rotatable bonds is 0. The molecule has 0 atom stereocenters. The largest absolute Gasteiger partial charge is 0.249 e. The summed E-state index contributed by atoms with van der Waals surface area (Å²) >= 11 is 0. The third-order valence-corrected chi connectivity index (χ3v) is 6.28. The zero-order valence-electron chi connectivity index (χ0n) is 18.5. The molecule has 8 heteroatoms. The van der Waals surface area contributed by atoms with E-state index in [9.17, 15) is 0 Å². The summed E-state index contributed by atoms with van der Waals surface area (Å²) in [5.41, 5.74) is 8.18. The highest BCUT2D eigenvalue weighted by molar-refractivity contribution is 5.71. The number of para-hydroxylation sites is 4. The van der Waals surface area contributed by atoms with Crippen LogP contribution in [-0.2, 0) is 26.2 Å². The van der Waals surface area contributed by atoms with Gasteiger partial charge in [0, 0.05) is 0 Å². The van der Waals surface area contributed by atoms with Gasteiger partial charge < -0.3 is 0 Å². The maximum absolute atomic E-state index is 4.95. The molecule has 6 aromatic rings. The first-order chi connectivity index (χ1) is 16.8. The number of fused-ring (bicyclic) bond motifs is 14. The van der Waals surface area contributed by atoms with Crippen LogP contribution >= 0.6 is 0 Å². The summed E-state index contributed by atoms with van der Waals surface area (Å²) in [4.78, 5) is 9.90. The molecule has 8 nitrogen and oxygen atoms in total. The molecule has 0 saturated carbocycles. The summed E-state index contributed by atoms with van der Waals surface area (Å²) in [5.74, 6) is 0. The van der Waals surface area contributed by atoms with Gasteiger partial charge in [0.05, 0.1) is 33.2 Å². The second-order valence-electron chi connectivity index (χ2n) is 8.63. The van der Waals surface area contributed by atoms with E-state index >= 15 is 0 Å². The number of benzene rings is 2. The van der Waals surface area contributed by atoms with Gasteiger partial charge in [0.15, 0.2) is 48.2 Å². The fourth-order valence-electron chi connectivity index (χ4n) is 4.75. The van der Waals surface area contributed by atoms with E-state index in [0.29, 0.717) is 26.2 Å². The number of nitrogens with zero attached hydrogens (tertiary/aromatic N) is 8. The number of hydrogen-bond donors (Lipinski definition) is 0. The van der Waals surface area contributed by atoms with Gasteiger partial charge in [-0.25, -0.2) is 9.97 Å². The SMILES string of the molecule is c1cc2nc(c1)Cn1n[n+](c3ccccc31)Cc1cccc(n1)C[n+]1nn(c3ccccc31)C2. The lowest BCUT2D eigenvalue weighted by Gasteiger charge is -2.02. The van der Waals surface area contributed by atoms with Gasteiger partial charge in [-0.3, -0.25) is 0 Å². The minimum absolute atomic E-state index is 0.592. The lowest BCUT2D eigenvalue weighted by Crippen LogP contribution is -2.40. The van der Waals surface area contributed by atoms with E-state index in [0.717, 1.165) is 44.8 Å². The third kappa shape index (κ3) is 3.23. The minimum atomic E-state index is 0.592. The molecular formula is C26H22N8+2. The van der Waals surface area contributed by atoms with E-state index in [4.69, 9.17) is 20.4 Å². The molecule has 34 heavy (non-hydrogen) atoms. The van der Waals surface area contributed by atoms with Crippen molar-refractivity contribution in [2.75, 3.05) is 0 Å². The predicted molar refractivity (Wildman–Crippen MR) is 125 cm³/mol. The molecule has 0 aliphatic carbocycles. The molecular weight excluding hydrogens is 424 g/mol. The van der Waals surface area contributed by atoms with E-state index in [-0.39, 0.29) is 0 Å². The third-order valence-electron chi connectivity index (χ3n) is 6.28. The summed E-state index contributed by atoms with van der Waals surface area (Å²) in [6.07, 6.45) is 0. The minimum Gasteiger partial charge on any atom is -0.249 e. The van der Waals surface area contributed by atoms with Gasteiger partial charge in [-0.05, 0) is 48.5 Å². The number of pyridine rings is 2. The Kier molecular flexibility index (Phi) is 4.23. The summed E-state index contributed by atoms with van der Waals surface area (Å²) in [7, 11) is 0. The van der Waals surface area contributed by atoms with Crippen molar-refractivity contribution in [1.82, 2.24) is 29.8 Å². The first kappa shape index (κ1) is 19.0. The van der Waals surface area contributed by atoms with Gasteiger partial charge in [-0.15, -0.1) is 18.7 Å². The van der Waals surface area contributed by atoms with Gasteiger partial charge in [-0.2, -0.15) is 0 Å². The second kappa shape index (κ2) is 7.55. The molecule has 7 rings (SSSR count). The molecule has 0 unspecified atom stereocenters. The summed E-state index contributed by atoms with van der Waals surface area (Å²) in [6, 6.07) is 29.0. The molecule has 5 heterocycles. The van der Waals surface area contributed by atoms with Crippen LogP contribution in [0, 0.1) is 0 Å². The lowest BCUT2D eigenvalue weighted by atomic mass is 10.2. The van der Waals surface area contributed by atoms with Crippen molar-refractivity contribution < 1.29 is 9.36 Å². The quantitative estimate of drug-likeness (QED) is 0.335. The topological polar surface area (TPSA) is 69.2 Å². The van der Waals surface area contributed by atoms with Crippen molar-refractivity contribution in [3.05, 3.63) is 108 Å². The van der Waals surface area contributed by atoms with Crippen LogP contribution < -0.4 is 9.36 Å². The van der Waals surface area contributed by atoms with E-state index in [1.165, 1.54) is 0 Å². The smallest absolute Gasteiger partial charge is 0.198 e. The Balaban J connectivity index is 1.43. The maximum atomic E-state index is 4.95. The van der Waals surface area contributed by atoms with Gasteiger partial charge in [0.1, 0.15) is 0 Å². The van der Waals surface area contributed by atoms with Gasteiger partial charge in [0.2, 0.25) is 0 Å². The second-order valence-corrected chi connectivity index (χ2v) is 8.63. The molecule has 0 spiro atoms. The van der Waals surface area contributed by atoms with E-state index in [1.807, 2.05) is 43.0 Å². The summed E-state index contributed by atoms with van der Waals surface area (Å²) < 4.78 is 8.09. The fourth-order valence-corrected chi connectivity index (χ4v) is 4.75. The molecule has 2 aromatic carbocycles. The van der Waals surface area contributed by atoms with Gasteiger partial charge >= 0.3 is 0 Å². The van der Waals surface area contributed by atoms with Gasteiger partial charge in [-0.1, -0.05) is 36.4 Å². The Labute approximate surface area is 195 Å². The molecule has 0 amide bonds. The molecule has 0 radical (unpaired) electrons. The van der Waals surface area contributed by atoms with Crippen molar-refractivity contribution in [2.24, 2.45) is 0 Å². The van der Waals surface area contributed by atoms with Crippen LogP contribution in [0.25, 0.3) is 22.1 Å². The Morgan fingerprint density at radius 2 is 0.941 bits per heavy atom. The van der Waals surface area contributed by atoms with E-state index in [2.05, 4.69) is 60.7 Å². The van der Waals surface area contributed by atoms with Crippen LogP contribution in [0.5, 0.6) is 0 Å². The monoisotopic (exact) mass is 446 g/mol. The van der Waals surface area contributed by atoms with Crippen molar-refractivity contribution in [3.8, 4) is 0 Å². The van der Waals surface area contributed by atoms with Crippen LogP contribution in [-0.4, -0.2) is 29.8 Å². The van der Waals surface area contributed by atoms with Crippen molar-refractivity contribution in [3.63, 3.8) is 0 Å². The number of hydrogen-bond acceptors (Lipinski definition) is 4. The first-order valence-corrected chi connectivity index (χ1v) is 11.4. The zero-order chi connectivity index (χ0) is 22.5. The average molecular weight is 447 g/mol. The van der Waals surface area contributed by atoms with Crippen molar-refractivity contribution >= 4 is 22.1 Å². The van der Waals surface area contributed by atoms with Crippen LogP contribution in [0.1, 0.15) is 22.8 Å². The Hall–Kier alpha value is -4.46. The van der Waals surface area contributed by atoms with Crippen LogP contribution in [0.4, 0.5) is 0 Å². The highest BCUT2D eigenvalue weighted by Crippen LogP contribution is 2.15. The molecule has 4 aromatic heterocycles. The summed E-state index contributed by atoms with van der Waals surface area (Å²) in [5, 5.41) is 9.83. The maximum Gasteiger partial charge on any atom is 0.198 e. The Bertz CT molecular complexity index is 1440. The van der Waals surface area contributed by atoms with E-state index < -0.39 is 0 Å². The number of aromatic nitrogens is 8. The zero-order valence-corrected chi connectivity index (χ0v) is 18.5. The van der Waals surface area contributed by atoms with Crippen molar-refractivity contribution in [2.45, 2.75) is 26.2 Å². The van der Waals surface area contributed by atoms with Crippen LogP contribution in [0.2, 0.25) is 0 Å². The lowest BCUT2D eigenvalue weighted by molar-refractivity contribution is -0.726. The molecule has 164 valence electrons. The molecule has 0 N–H and O–H groups in total. The standard InChI is InChI=1S/C26H22N8/c1-2-12-24-23(11-1)31-15-19-7-5-9-21(27-19)17-33-25-13-3-4-14-26(25)34(30-33)18-22-10-6-8-20(28-22)16-32(24)29-31/h1-14H,15-18H2/q+2. The highest BCUT2D eigenvalue weighted by atomic mass is 15.5. The fraction of sp³-hybridized carbons (Fsp3) is 0.154. The predicted octanol–water partition coefficient (Wildman–Crippen LogP) is 2.26.